The van der Waals surface area contributed by atoms with Crippen LogP contribution in [0.25, 0.3) is 16.2 Å². The van der Waals surface area contributed by atoms with Crippen molar-refractivity contribution >= 4 is 22.3 Å². The third-order valence-corrected chi connectivity index (χ3v) is 4.48. The summed E-state index contributed by atoms with van der Waals surface area (Å²) >= 11 is 1.45. The highest BCUT2D eigenvalue weighted by Gasteiger charge is 2.16. The van der Waals surface area contributed by atoms with Gasteiger partial charge in [-0.2, -0.15) is 0 Å². The Morgan fingerprint density at radius 2 is 2.08 bits per heavy atom. The van der Waals surface area contributed by atoms with Gasteiger partial charge in [-0.05, 0) is 43.7 Å². The molecule has 3 aromatic rings. The van der Waals surface area contributed by atoms with Gasteiger partial charge < -0.3 is 9.84 Å². The van der Waals surface area contributed by atoms with Crippen molar-refractivity contribution in [3.8, 4) is 17.0 Å². The van der Waals surface area contributed by atoms with Gasteiger partial charge in [0.15, 0.2) is 4.96 Å². The third-order valence-electron chi connectivity index (χ3n) is 3.61. The van der Waals surface area contributed by atoms with E-state index in [2.05, 4.69) is 11.6 Å². The number of rotatable bonds is 6. The van der Waals surface area contributed by atoms with Gasteiger partial charge in [0.2, 0.25) is 0 Å². The van der Waals surface area contributed by atoms with Crippen molar-refractivity contribution in [3.63, 3.8) is 0 Å². The number of imidazole rings is 1. The molecule has 0 saturated carbocycles. The number of aliphatic carboxylic acids is 1. The quantitative estimate of drug-likeness (QED) is 0.689. The van der Waals surface area contributed by atoms with Gasteiger partial charge in [0.05, 0.1) is 12.1 Å². The number of carboxylic acids is 1. The van der Waals surface area contributed by atoms with E-state index in [1.165, 1.54) is 11.3 Å². The SMILES string of the molecule is C=C(C)COc1ccc(-c2nc3scc(CC(=O)O)n3c2C)cc1. The van der Waals surface area contributed by atoms with E-state index >= 15 is 0 Å². The first-order valence-electron chi connectivity index (χ1n) is 7.50. The minimum Gasteiger partial charge on any atom is -0.489 e. The second kappa shape index (κ2) is 6.49. The predicted octanol–water partition coefficient (Wildman–Crippen LogP) is 3.95. The number of carbonyl (C=O) groups is 1. The molecule has 0 radical (unpaired) electrons. The van der Waals surface area contributed by atoms with Crippen molar-refractivity contribution in [2.24, 2.45) is 0 Å². The molecule has 0 spiro atoms. The largest absolute Gasteiger partial charge is 0.489 e. The lowest BCUT2D eigenvalue weighted by atomic mass is 10.1. The highest BCUT2D eigenvalue weighted by Crippen LogP contribution is 2.29. The van der Waals surface area contributed by atoms with Gasteiger partial charge in [-0.3, -0.25) is 9.20 Å². The highest BCUT2D eigenvalue weighted by atomic mass is 32.1. The van der Waals surface area contributed by atoms with Gasteiger partial charge in [-0.1, -0.05) is 6.58 Å². The Morgan fingerprint density at radius 1 is 1.38 bits per heavy atom. The van der Waals surface area contributed by atoms with Crippen molar-refractivity contribution in [1.82, 2.24) is 9.38 Å². The Morgan fingerprint density at radius 3 is 2.71 bits per heavy atom. The fourth-order valence-electron chi connectivity index (χ4n) is 2.53. The average molecular weight is 342 g/mol. The van der Waals surface area contributed by atoms with E-state index in [-0.39, 0.29) is 6.42 Å². The first-order valence-corrected chi connectivity index (χ1v) is 8.38. The molecule has 24 heavy (non-hydrogen) atoms. The Kier molecular flexibility index (Phi) is 4.40. The zero-order chi connectivity index (χ0) is 17.3. The summed E-state index contributed by atoms with van der Waals surface area (Å²) in [7, 11) is 0. The van der Waals surface area contributed by atoms with Crippen LogP contribution in [-0.4, -0.2) is 27.1 Å². The minimum absolute atomic E-state index is 0.00960. The minimum atomic E-state index is -0.844. The topological polar surface area (TPSA) is 63.8 Å². The standard InChI is InChI=1S/C18H18N2O3S/c1-11(2)9-23-15-6-4-13(5-7-15)17-12(3)20-14(8-16(21)22)10-24-18(20)19-17/h4-7,10H,1,8-9H2,2-3H3,(H,21,22). The maximum absolute atomic E-state index is 11.0. The summed E-state index contributed by atoms with van der Waals surface area (Å²) in [6.07, 6.45) is -0.00960. The first kappa shape index (κ1) is 16.3. The maximum Gasteiger partial charge on any atom is 0.309 e. The van der Waals surface area contributed by atoms with Crippen LogP contribution in [0.15, 0.2) is 41.8 Å². The smallest absolute Gasteiger partial charge is 0.309 e. The maximum atomic E-state index is 11.0. The summed E-state index contributed by atoms with van der Waals surface area (Å²) in [5.41, 5.74) is 4.50. The number of aryl methyl sites for hydroxylation is 1. The number of hydrogen-bond donors (Lipinski definition) is 1. The fraction of sp³-hybridized carbons (Fsp3) is 0.222. The van der Waals surface area contributed by atoms with Gasteiger partial charge in [0.25, 0.3) is 0 Å². The summed E-state index contributed by atoms with van der Waals surface area (Å²) in [6.45, 7) is 8.19. The summed E-state index contributed by atoms with van der Waals surface area (Å²) in [6, 6.07) is 7.74. The van der Waals surface area contributed by atoms with E-state index in [0.717, 1.165) is 38.9 Å². The molecular weight excluding hydrogens is 324 g/mol. The molecule has 5 nitrogen and oxygen atoms in total. The van der Waals surface area contributed by atoms with Crippen LogP contribution in [0, 0.1) is 6.92 Å². The normalized spacial score (nSPS) is 10.9. The van der Waals surface area contributed by atoms with Gasteiger partial charge in [-0.25, -0.2) is 4.98 Å². The van der Waals surface area contributed by atoms with E-state index in [1.54, 1.807) is 0 Å². The Balaban J connectivity index is 1.92. The molecule has 0 aliphatic carbocycles. The Hall–Kier alpha value is -2.60. The second-order valence-corrected chi connectivity index (χ2v) is 6.57. The molecule has 0 bridgehead atoms. The van der Waals surface area contributed by atoms with E-state index in [4.69, 9.17) is 9.84 Å². The highest BCUT2D eigenvalue weighted by molar-refractivity contribution is 7.15. The van der Waals surface area contributed by atoms with Gasteiger partial charge in [-0.15, -0.1) is 11.3 Å². The molecular formula is C18H18N2O3S. The zero-order valence-electron chi connectivity index (χ0n) is 13.6. The molecule has 6 heteroatoms. The van der Waals surface area contributed by atoms with Crippen LogP contribution in [-0.2, 0) is 11.2 Å². The molecule has 0 fully saturated rings. The molecule has 1 aromatic carbocycles. The zero-order valence-corrected chi connectivity index (χ0v) is 14.4. The van der Waals surface area contributed by atoms with Crippen molar-refractivity contribution in [3.05, 3.63) is 53.2 Å². The van der Waals surface area contributed by atoms with E-state index < -0.39 is 5.97 Å². The predicted molar refractivity (Wildman–Crippen MR) is 94.9 cm³/mol. The van der Waals surface area contributed by atoms with Crippen LogP contribution < -0.4 is 4.74 Å². The van der Waals surface area contributed by atoms with Crippen LogP contribution in [0.4, 0.5) is 0 Å². The van der Waals surface area contributed by atoms with Crippen molar-refractivity contribution in [2.75, 3.05) is 6.61 Å². The lowest BCUT2D eigenvalue weighted by Gasteiger charge is -2.06. The molecule has 2 heterocycles. The lowest BCUT2D eigenvalue weighted by Crippen LogP contribution is -2.03. The molecule has 2 aromatic heterocycles. The van der Waals surface area contributed by atoms with Gasteiger partial charge in [0.1, 0.15) is 12.4 Å². The third kappa shape index (κ3) is 3.19. The molecule has 0 aliphatic heterocycles. The Bertz CT molecular complexity index is 906. The van der Waals surface area contributed by atoms with Crippen LogP contribution in [0.1, 0.15) is 18.3 Å². The van der Waals surface area contributed by atoms with Gasteiger partial charge >= 0.3 is 5.97 Å². The molecule has 3 rings (SSSR count). The van der Waals surface area contributed by atoms with Crippen LogP contribution in [0.5, 0.6) is 5.75 Å². The molecule has 0 atom stereocenters. The number of thiazole rings is 1. The number of aromatic nitrogens is 2. The van der Waals surface area contributed by atoms with Gasteiger partial charge in [0, 0.05) is 22.3 Å². The fourth-order valence-corrected chi connectivity index (χ4v) is 3.47. The summed E-state index contributed by atoms with van der Waals surface area (Å²) in [4.78, 5) is 16.5. The Labute approximate surface area is 143 Å². The molecule has 1 N–H and O–H groups in total. The van der Waals surface area contributed by atoms with Crippen LogP contribution in [0.3, 0.4) is 0 Å². The number of benzene rings is 1. The molecule has 0 saturated heterocycles. The average Bonchev–Trinajstić information content (AvgIpc) is 3.07. The molecule has 0 unspecified atom stereocenters. The lowest BCUT2D eigenvalue weighted by molar-refractivity contribution is -0.136. The molecule has 0 aliphatic rings. The summed E-state index contributed by atoms with van der Waals surface area (Å²) in [5, 5.41) is 10.9. The monoisotopic (exact) mass is 342 g/mol. The first-order chi connectivity index (χ1) is 11.5. The number of carboxylic acid groups (broad SMARTS) is 1. The van der Waals surface area contributed by atoms with Crippen LogP contribution in [0.2, 0.25) is 0 Å². The summed E-state index contributed by atoms with van der Waals surface area (Å²) in [5.74, 6) is -0.0599. The number of fused-ring (bicyclic) bond motifs is 1. The second-order valence-electron chi connectivity index (χ2n) is 5.73. The van der Waals surface area contributed by atoms with E-state index in [0.29, 0.717) is 6.61 Å². The van der Waals surface area contributed by atoms with Crippen molar-refractivity contribution < 1.29 is 14.6 Å². The molecule has 124 valence electrons. The number of hydrogen-bond acceptors (Lipinski definition) is 4. The summed E-state index contributed by atoms with van der Waals surface area (Å²) < 4.78 is 7.52. The van der Waals surface area contributed by atoms with Crippen molar-refractivity contribution in [2.45, 2.75) is 20.3 Å². The number of ether oxygens (including phenoxy) is 1. The van der Waals surface area contributed by atoms with Crippen molar-refractivity contribution in [1.29, 1.82) is 0 Å². The molecule has 0 amide bonds. The van der Waals surface area contributed by atoms with E-state index in [9.17, 15) is 4.79 Å². The van der Waals surface area contributed by atoms with Crippen LogP contribution >= 0.6 is 11.3 Å². The number of nitrogens with zero attached hydrogens (tertiary/aromatic N) is 2. The van der Waals surface area contributed by atoms with E-state index in [1.807, 2.05) is 47.9 Å².